The lowest BCUT2D eigenvalue weighted by Crippen LogP contribution is -2.02. The molecule has 0 atom stereocenters. The number of hydrogen-bond acceptors (Lipinski definition) is 5. The Balaban J connectivity index is 2.63. The van der Waals surface area contributed by atoms with Crippen LogP contribution in [0.2, 0.25) is 0 Å². The maximum absolute atomic E-state index is 10.9. The molecule has 19 heavy (non-hydrogen) atoms. The van der Waals surface area contributed by atoms with Crippen molar-refractivity contribution in [1.82, 2.24) is 9.97 Å². The lowest BCUT2D eigenvalue weighted by atomic mass is 10.1. The third-order valence-corrected chi connectivity index (χ3v) is 2.57. The maximum atomic E-state index is 10.9. The van der Waals surface area contributed by atoms with E-state index in [2.05, 4.69) is 9.97 Å². The van der Waals surface area contributed by atoms with Gasteiger partial charge in [0.25, 0.3) is 0 Å². The summed E-state index contributed by atoms with van der Waals surface area (Å²) < 4.78 is 10.5. The number of carboxylic acid groups (broad SMARTS) is 1. The second-order valence-corrected chi connectivity index (χ2v) is 3.63. The first-order valence-corrected chi connectivity index (χ1v) is 5.44. The highest BCUT2D eigenvalue weighted by atomic mass is 16.5. The number of ether oxygens (including phenoxy) is 2. The highest BCUT2D eigenvalue weighted by molar-refractivity contribution is 5.87. The molecule has 1 aromatic heterocycles. The quantitative estimate of drug-likeness (QED) is 0.903. The van der Waals surface area contributed by atoms with Crippen LogP contribution in [-0.2, 0) is 0 Å². The predicted molar refractivity (Wildman–Crippen MR) is 67.5 cm³/mol. The molecule has 98 valence electrons. The number of rotatable bonds is 4. The number of nitrogens with zero attached hydrogens (tertiary/aromatic N) is 2. The molecule has 6 nitrogen and oxygen atoms in total. The van der Waals surface area contributed by atoms with Gasteiger partial charge in [-0.15, -0.1) is 0 Å². The van der Waals surface area contributed by atoms with E-state index in [-0.39, 0.29) is 5.69 Å². The second kappa shape index (κ2) is 5.34. The Bertz CT molecular complexity index is 591. The zero-order chi connectivity index (χ0) is 13.8. The van der Waals surface area contributed by atoms with Crippen molar-refractivity contribution in [3.8, 4) is 22.8 Å². The summed E-state index contributed by atoms with van der Waals surface area (Å²) in [6, 6.07) is 6.66. The van der Waals surface area contributed by atoms with Gasteiger partial charge in [-0.05, 0) is 18.2 Å². The van der Waals surface area contributed by atoms with Gasteiger partial charge < -0.3 is 14.6 Å². The van der Waals surface area contributed by atoms with Crippen LogP contribution in [0.25, 0.3) is 11.3 Å². The zero-order valence-electron chi connectivity index (χ0n) is 10.5. The molecule has 0 fully saturated rings. The SMILES string of the molecule is COc1cccc(OC)c1-c1cc(C(=O)O)ncn1. The van der Waals surface area contributed by atoms with Crippen LogP contribution in [0.3, 0.4) is 0 Å². The fourth-order valence-corrected chi connectivity index (χ4v) is 1.71. The van der Waals surface area contributed by atoms with Crippen molar-refractivity contribution in [2.24, 2.45) is 0 Å². The summed E-state index contributed by atoms with van der Waals surface area (Å²) in [6.45, 7) is 0. The van der Waals surface area contributed by atoms with E-state index in [0.29, 0.717) is 22.8 Å². The van der Waals surface area contributed by atoms with Gasteiger partial charge in [-0.2, -0.15) is 0 Å². The molecular weight excluding hydrogens is 248 g/mol. The molecule has 0 radical (unpaired) electrons. The van der Waals surface area contributed by atoms with Crippen LogP contribution >= 0.6 is 0 Å². The summed E-state index contributed by atoms with van der Waals surface area (Å²) in [5.41, 5.74) is 0.942. The van der Waals surface area contributed by atoms with Gasteiger partial charge in [0.2, 0.25) is 0 Å². The minimum Gasteiger partial charge on any atom is -0.496 e. The Kier molecular flexibility index (Phi) is 3.61. The number of carboxylic acids is 1. The molecule has 1 heterocycles. The Morgan fingerprint density at radius 2 is 1.79 bits per heavy atom. The Morgan fingerprint density at radius 1 is 1.16 bits per heavy atom. The number of hydrogen-bond donors (Lipinski definition) is 1. The number of aromatic nitrogens is 2. The molecule has 0 aliphatic heterocycles. The van der Waals surface area contributed by atoms with E-state index >= 15 is 0 Å². The fourth-order valence-electron chi connectivity index (χ4n) is 1.71. The predicted octanol–water partition coefficient (Wildman–Crippen LogP) is 1.86. The third-order valence-electron chi connectivity index (χ3n) is 2.57. The van der Waals surface area contributed by atoms with Crippen molar-refractivity contribution in [2.75, 3.05) is 14.2 Å². The number of carbonyl (C=O) groups is 1. The molecule has 0 saturated carbocycles. The molecule has 0 aliphatic carbocycles. The molecule has 0 spiro atoms. The average molecular weight is 260 g/mol. The van der Waals surface area contributed by atoms with Crippen molar-refractivity contribution >= 4 is 5.97 Å². The Labute approximate surface area is 109 Å². The van der Waals surface area contributed by atoms with E-state index < -0.39 is 5.97 Å². The molecule has 2 aromatic rings. The van der Waals surface area contributed by atoms with E-state index in [9.17, 15) is 4.79 Å². The topological polar surface area (TPSA) is 81.5 Å². The van der Waals surface area contributed by atoms with Crippen molar-refractivity contribution < 1.29 is 19.4 Å². The van der Waals surface area contributed by atoms with E-state index in [0.717, 1.165) is 0 Å². The summed E-state index contributed by atoms with van der Waals surface area (Å²) in [7, 11) is 3.05. The first-order chi connectivity index (χ1) is 9.17. The Hall–Kier alpha value is -2.63. The summed E-state index contributed by atoms with van der Waals surface area (Å²) in [5, 5.41) is 8.96. The highest BCUT2D eigenvalue weighted by Crippen LogP contribution is 2.36. The van der Waals surface area contributed by atoms with Gasteiger partial charge in [0.15, 0.2) is 5.69 Å². The van der Waals surface area contributed by atoms with Gasteiger partial charge in [-0.1, -0.05) is 6.07 Å². The van der Waals surface area contributed by atoms with Gasteiger partial charge in [0.1, 0.15) is 17.8 Å². The normalized spacial score (nSPS) is 10.0. The molecule has 0 aliphatic rings. The smallest absolute Gasteiger partial charge is 0.354 e. The van der Waals surface area contributed by atoms with Gasteiger partial charge in [0.05, 0.1) is 25.5 Å². The van der Waals surface area contributed by atoms with Crippen LogP contribution in [0.15, 0.2) is 30.6 Å². The summed E-state index contributed by atoms with van der Waals surface area (Å²) in [4.78, 5) is 18.7. The summed E-state index contributed by atoms with van der Waals surface area (Å²) in [6.07, 6.45) is 1.20. The van der Waals surface area contributed by atoms with Crippen LogP contribution in [0.1, 0.15) is 10.5 Å². The van der Waals surface area contributed by atoms with Crippen LogP contribution in [0, 0.1) is 0 Å². The molecule has 2 rings (SSSR count). The average Bonchev–Trinajstić information content (AvgIpc) is 2.46. The van der Waals surface area contributed by atoms with Crippen molar-refractivity contribution in [3.05, 3.63) is 36.3 Å². The molecule has 6 heteroatoms. The summed E-state index contributed by atoms with van der Waals surface area (Å²) >= 11 is 0. The first kappa shape index (κ1) is 12.8. The number of methoxy groups -OCH3 is 2. The molecule has 1 N–H and O–H groups in total. The van der Waals surface area contributed by atoms with Crippen LogP contribution in [0.4, 0.5) is 0 Å². The second-order valence-electron chi connectivity index (χ2n) is 3.63. The van der Waals surface area contributed by atoms with Gasteiger partial charge in [-0.25, -0.2) is 14.8 Å². The van der Waals surface area contributed by atoms with Crippen LogP contribution in [-0.4, -0.2) is 35.3 Å². The third kappa shape index (κ3) is 2.47. The molecular formula is C13H12N2O4. The van der Waals surface area contributed by atoms with Crippen LogP contribution in [0.5, 0.6) is 11.5 Å². The van der Waals surface area contributed by atoms with Gasteiger partial charge in [-0.3, -0.25) is 0 Å². The largest absolute Gasteiger partial charge is 0.496 e. The molecule has 1 aromatic carbocycles. The van der Waals surface area contributed by atoms with Gasteiger partial charge >= 0.3 is 5.97 Å². The maximum Gasteiger partial charge on any atom is 0.354 e. The van der Waals surface area contributed by atoms with Crippen molar-refractivity contribution in [1.29, 1.82) is 0 Å². The number of benzene rings is 1. The Morgan fingerprint density at radius 3 is 2.32 bits per heavy atom. The monoisotopic (exact) mass is 260 g/mol. The number of aromatic carboxylic acids is 1. The van der Waals surface area contributed by atoms with E-state index in [1.807, 2.05) is 0 Å². The molecule has 0 bridgehead atoms. The zero-order valence-corrected chi connectivity index (χ0v) is 10.5. The van der Waals surface area contributed by atoms with Gasteiger partial charge in [0, 0.05) is 0 Å². The molecule has 0 saturated heterocycles. The molecule has 0 unspecified atom stereocenters. The standard InChI is InChI=1S/C13H12N2O4/c1-18-10-4-3-5-11(19-2)12(10)8-6-9(13(16)17)15-7-14-8/h3-7H,1-2H3,(H,16,17). The minimum absolute atomic E-state index is 0.0852. The molecule has 0 amide bonds. The van der Waals surface area contributed by atoms with Crippen molar-refractivity contribution in [2.45, 2.75) is 0 Å². The summed E-state index contributed by atoms with van der Waals surface area (Å²) in [5.74, 6) is -0.0127. The van der Waals surface area contributed by atoms with Crippen molar-refractivity contribution in [3.63, 3.8) is 0 Å². The van der Waals surface area contributed by atoms with Crippen LogP contribution < -0.4 is 9.47 Å². The van der Waals surface area contributed by atoms with E-state index in [4.69, 9.17) is 14.6 Å². The minimum atomic E-state index is -1.11. The fraction of sp³-hybridized carbons (Fsp3) is 0.154. The highest BCUT2D eigenvalue weighted by Gasteiger charge is 2.15. The lowest BCUT2D eigenvalue weighted by Gasteiger charge is -2.12. The lowest BCUT2D eigenvalue weighted by molar-refractivity contribution is 0.0690. The van der Waals surface area contributed by atoms with E-state index in [1.54, 1.807) is 18.2 Å². The van der Waals surface area contributed by atoms with E-state index in [1.165, 1.54) is 26.6 Å². The first-order valence-electron chi connectivity index (χ1n) is 5.44.